The van der Waals surface area contributed by atoms with Gasteiger partial charge in [0, 0.05) is 19.6 Å². The van der Waals surface area contributed by atoms with Crippen molar-refractivity contribution in [2.75, 3.05) is 37.3 Å². The maximum Gasteiger partial charge on any atom is 0.332 e. The highest BCUT2D eigenvalue weighted by molar-refractivity contribution is 5.60. The summed E-state index contributed by atoms with van der Waals surface area (Å²) in [6, 6.07) is 0.320. The van der Waals surface area contributed by atoms with Crippen LogP contribution in [0.4, 0.5) is 17.5 Å². The van der Waals surface area contributed by atoms with E-state index in [2.05, 4.69) is 32.4 Å². The molecule has 0 bridgehead atoms. The third-order valence-electron chi connectivity index (χ3n) is 3.79. The first kappa shape index (κ1) is 15.4. The molecule has 1 atom stereocenters. The van der Waals surface area contributed by atoms with Gasteiger partial charge in [-0.25, -0.2) is 4.98 Å². The Morgan fingerprint density at radius 3 is 2.62 bits per heavy atom. The van der Waals surface area contributed by atoms with Gasteiger partial charge in [-0.2, -0.15) is 4.98 Å². The zero-order chi connectivity index (χ0) is 15.4. The molecule has 0 spiro atoms. The Hall–Kier alpha value is -1.96. The monoisotopic (exact) mass is 294 g/mol. The third kappa shape index (κ3) is 3.57. The number of anilines is 2. The van der Waals surface area contributed by atoms with Gasteiger partial charge in [0.1, 0.15) is 5.69 Å². The predicted molar refractivity (Wildman–Crippen MR) is 81.7 cm³/mol. The molecule has 8 nitrogen and oxygen atoms in total. The molecule has 2 rings (SSSR count). The highest BCUT2D eigenvalue weighted by atomic mass is 16.6. The molecule has 0 radical (unpaired) electrons. The lowest BCUT2D eigenvalue weighted by Gasteiger charge is -2.24. The largest absolute Gasteiger partial charge is 0.363 e. The van der Waals surface area contributed by atoms with Crippen molar-refractivity contribution in [2.45, 2.75) is 32.7 Å². The summed E-state index contributed by atoms with van der Waals surface area (Å²) in [6.45, 7) is 6.55. The van der Waals surface area contributed by atoms with E-state index in [-0.39, 0.29) is 11.5 Å². The van der Waals surface area contributed by atoms with Crippen LogP contribution in [0.1, 0.15) is 25.5 Å². The second-order valence-electron chi connectivity index (χ2n) is 5.31. The third-order valence-corrected chi connectivity index (χ3v) is 3.79. The number of hydrogen-bond acceptors (Lipinski definition) is 7. The molecule has 2 heterocycles. The van der Waals surface area contributed by atoms with Gasteiger partial charge < -0.3 is 10.6 Å². The molecule has 2 N–H and O–H groups in total. The zero-order valence-electron chi connectivity index (χ0n) is 12.7. The van der Waals surface area contributed by atoms with E-state index in [1.165, 1.54) is 12.8 Å². The van der Waals surface area contributed by atoms with E-state index in [9.17, 15) is 10.1 Å². The standard InChI is InChI=1S/C13H22N6O2/c1-9(18-6-4-5-7-18)8-15-12-11(19(20)21)10(2)16-13(14-3)17-12/h9H,4-8H2,1-3H3,(H2,14,15,16,17). The van der Waals surface area contributed by atoms with Gasteiger partial charge in [-0.05, 0) is 39.8 Å². The maximum absolute atomic E-state index is 11.2. The van der Waals surface area contributed by atoms with E-state index in [4.69, 9.17) is 0 Å². The number of aromatic nitrogens is 2. The molecule has 21 heavy (non-hydrogen) atoms. The summed E-state index contributed by atoms with van der Waals surface area (Å²) < 4.78 is 0. The number of nitrogens with zero attached hydrogens (tertiary/aromatic N) is 4. The van der Waals surface area contributed by atoms with Crippen molar-refractivity contribution in [2.24, 2.45) is 0 Å². The SMILES string of the molecule is CNc1nc(C)c([N+](=O)[O-])c(NCC(C)N2CCCC2)n1. The molecule has 1 fully saturated rings. The van der Waals surface area contributed by atoms with Gasteiger partial charge in [0.25, 0.3) is 0 Å². The molecule has 1 aliphatic heterocycles. The Labute approximate surface area is 124 Å². The minimum Gasteiger partial charge on any atom is -0.363 e. The Morgan fingerprint density at radius 1 is 1.38 bits per heavy atom. The summed E-state index contributed by atoms with van der Waals surface area (Å²) in [5, 5.41) is 17.1. The molecule has 116 valence electrons. The number of hydrogen-bond donors (Lipinski definition) is 2. The van der Waals surface area contributed by atoms with Crippen LogP contribution in [0.2, 0.25) is 0 Å². The van der Waals surface area contributed by atoms with Gasteiger partial charge in [0.15, 0.2) is 0 Å². The summed E-state index contributed by atoms with van der Waals surface area (Å²) in [5.74, 6) is 0.664. The lowest BCUT2D eigenvalue weighted by Crippen LogP contribution is -2.35. The lowest BCUT2D eigenvalue weighted by atomic mass is 10.3. The topological polar surface area (TPSA) is 96.2 Å². The first-order chi connectivity index (χ1) is 10.0. The molecule has 0 aliphatic carbocycles. The average Bonchev–Trinajstić information content (AvgIpc) is 2.97. The molecule has 8 heteroatoms. The van der Waals surface area contributed by atoms with Gasteiger partial charge >= 0.3 is 5.69 Å². The molecular formula is C13H22N6O2. The predicted octanol–water partition coefficient (Wildman–Crippen LogP) is 1.63. The van der Waals surface area contributed by atoms with Crippen LogP contribution in [0.25, 0.3) is 0 Å². The fourth-order valence-corrected chi connectivity index (χ4v) is 2.58. The Kier molecular flexibility index (Phi) is 4.89. The number of nitrogens with one attached hydrogen (secondary N) is 2. The van der Waals surface area contributed by atoms with Gasteiger partial charge in [-0.15, -0.1) is 0 Å². The first-order valence-electron chi connectivity index (χ1n) is 7.21. The van der Waals surface area contributed by atoms with Crippen molar-refractivity contribution in [3.8, 4) is 0 Å². The van der Waals surface area contributed by atoms with E-state index in [0.29, 0.717) is 24.2 Å². The van der Waals surface area contributed by atoms with Gasteiger partial charge in [0.05, 0.1) is 4.92 Å². The van der Waals surface area contributed by atoms with Crippen molar-refractivity contribution >= 4 is 17.5 Å². The summed E-state index contributed by atoms with van der Waals surface area (Å²) in [4.78, 5) is 21.4. The second kappa shape index (κ2) is 6.66. The fraction of sp³-hybridized carbons (Fsp3) is 0.692. The van der Waals surface area contributed by atoms with E-state index >= 15 is 0 Å². The molecule has 1 saturated heterocycles. The molecule has 1 aromatic heterocycles. The highest BCUT2D eigenvalue weighted by Crippen LogP contribution is 2.26. The molecule has 0 aromatic carbocycles. The minimum absolute atomic E-state index is 0.0531. The smallest absolute Gasteiger partial charge is 0.332 e. The van der Waals surface area contributed by atoms with Crippen molar-refractivity contribution in [1.29, 1.82) is 0 Å². The summed E-state index contributed by atoms with van der Waals surface area (Å²) in [5.41, 5.74) is 0.304. The van der Waals surface area contributed by atoms with Crippen molar-refractivity contribution in [1.82, 2.24) is 14.9 Å². The highest BCUT2D eigenvalue weighted by Gasteiger charge is 2.23. The van der Waals surface area contributed by atoms with Gasteiger partial charge in [-0.3, -0.25) is 15.0 Å². The van der Waals surface area contributed by atoms with Gasteiger partial charge in [-0.1, -0.05) is 0 Å². The molecular weight excluding hydrogens is 272 g/mol. The van der Waals surface area contributed by atoms with Gasteiger partial charge in [0.2, 0.25) is 11.8 Å². The van der Waals surface area contributed by atoms with Crippen LogP contribution in [-0.4, -0.2) is 52.5 Å². The second-order valence-corrected chi connectivity index (χ2v) is 5.31. The zero-order valence-corrected chi connectivity index (χ0v) is 12.7. The Morgan fingerprint density at radius 2 is 2.05 bits per heavy atom. The van der Waals surface area contributed by atoms with Crippen LogP contribution in [0.3, 0.4) is 0 Å². The summed E-state index contributed by atoms with van der Waals surface area (Å²) in [7, 11) is 1.69. The van der Waals surface area contributed by atoms with Crippen LogP contribution < -0.4 is 10.6 Å². The summed E-state index contributed by atoms with van der Waals surface area (Å²) >= 11 is 0. The van der Waals surface area contributed by atoms with Crippen molar-refractivity contribution < 1.29 is 4.92 Å². The van der Waals surface area contributed by atoms with E-state index in [1.54, 1.807) is 14.0 Å². The van der Waals surface area contributed by atoms with Crippen LogP contribution in [-0.2, 0) is 0 Å². The molecule has 0 saturated carbocycles. The Bertz CT molecular complexity index is 516. The number of nitro groups is 1. The number of likely N-dealkylation sites (tertiary alicyclic amines) is 1. The molecule has 0 amide bonds. The first-order valence-corrected chi connectivity index (χ1v) is 7.21. The fourth-order valence-electron chi connectivity index (χ4n) is 2.58. The number of aryl methyl sites for hydroxylation is 1. The minimum atomic E-state index is -0.433. The normalized spacial score (nSPS) is 16.7. The van der Waals surface area contributed by atoms with E-state index in [0.717, 1.165) is 13.1 Å². The maximum atomic E-state index is 11.2. The van der Waals surface area contributed by atoms with Crippen LogP contribution in [0, 0.1) is 17.0 Å². The van der Waals surface area contributed by atoms with Crippen LogP contribution >= 0.6 is 0 Å². The number of rotatable bonds is 6. The van der Waals surface area contributed by atoms with E-state index < -0.39 is 4.92 Å². The van der Waals surface area contributed by atoms with Crippen molar-refractivity contribution in [3.05, 3.63) is 15.8 Å². The molecule has 1 unspecified atom stereocenters. The van der Waals surface area contributed by atoms with E-state index in [1.807, 2.05) is 0 Å². The lowest BCUT2D eigenvalue weighted by molar-refractivity contribution is -0.385. The molecule has 1 aromatic rings. The van der Waals surface area contributed by atoms with Crippen LogP contribution in [0.15, 0.2) is 0 Å². The Balaban J connectivity index is 2.13. The molecule has 1 aliphatic rings. The summed E-state index contributed by atoms with van der Waals surface area (Å²) in [6.07, 6.45) is 2.45. The van der Waals surface area contributed by atoms with Crippen molar-refractivity contribution in [3.63, 3.8) is 0 Å². The average molecular weight is 294 g/mol. The quantitative estimate of drug-likeness (QED) is 0.608. The van der Waals surface area contributed by atoms with Crippen LogP contribution in [0.5, 0.6) is 0 Å².